The van der Waals surface area contributed by atoms with Crippen molar-refractivity contribution >= 4 is 5.91 Å². The lowest BCUT2D eigenvalue weighted by atomic mass is 10.2. The van der Waals surface area contributed by atoms with Crippen LogP contribution in [0.1, 0.15) is 19.4 Å². The largest absolute Gasteiger partial charge is 0.371 e. The Hall–Kier alpha value is -2.48. The Labute approximate surface area is 119 Å². The molecule has 0 heterocycles. The lowest BCUT2D eigenvalue weighted by molar-refractivity contribution is -0.117. The summed E-state index contributed by atoms with van der Waals surface area (Å²) in [6.07, 6.45) is 0. The number of carbonyl (C=O) groups excluding carboxylic acids is 1. The minimum atomic E-state index is -0.381. The summed E-state index contributed by atoms with van der Waals surface area (Å²) in [5.41, 5.74) is 1.07. The monoisotopic (exact) mass is 272 g/mol. The number of benzene rings is 1. The predicted molar refractivity (Wildman–Crippen MR) is 78.3 cm³/mol. The molecule has 0 aliphatic carbocycles. The molecule has 0 atom stereocenters. The third-order valence-electron chi connectivity index (χ3n) is 2.59. The van der Waals surface area contributed by atoms with Gasteiger partial charge >= 0.3 is 0 Å². The molecule has 1 amide bonds. The van der Waals surface area contributed by atoms with E-state index in [2.05, 4.69) is 16.0 Å². The van der Waals surface area contributed by atoms with E-state index in [0.717, 1.165) is 5.56 Å². The van der Waals surface area contributed by atoms with Gasteiger partial charge in [-0.05, 0) is 19.4 Å². The first-order chi connectivity index (χ1) is 9.72. The van der Waals surface area contributed by atoms with Gasteiger partial charge in [-0.15, -0.1) is 0 Å². The van der Waals surface area contributed by atoms with Crippen LogP contribution in [0.25, 0.3) is 0 Å². The Morgan fingerprint density at radius 1 is 1.10 bits per heavy atom. The third kappa shape index (κ3) is 4.65. The van der Waals surface area contributed by atoms with Gasteiger partial charge in [-0.25, -0.2) is 0 Å². The van der Waals surface area contributed by atoms with Gasteiger partial charge < -0.3 is 16.0 Å². The van der Waals surface area contributed by atoms with Crippen LogP contribution >= 0.6 is 0 Å². The highest BCUT2D eigenvalue weighted by Crippen LogP contribution is 2.01. The van der Waals surface area contributed by atoms with Gasteiger partial charge in [-0.3, -0.25) is 4.79 Å². The highest BCUT2D eigenvalue weighted by molar-refractivity contribution is 5.97. The summed E-state index contributed by atoms with van der Waals surface area (Å²) in [7, 11) is 0. The first kappa shape index (κ1) is 15.6. The van der Waals surface area contributed by atoms with E-state index in [1.165, 1.54) is 0 Å². The number of carbonyl (C=O) groups is 1. The SMILES string of the molecule is CCNC(NCC)=C(C#N)C(=O)NCc1ccccc1. The molecule has 5 heteroatoms. The van der Waals surface area contributed by atoms with Crippen molar-refractivity contribution < 1.29 is 4.79 Å². The summed E-state index contributed by atoms with van der Waals surface area (Å²) >= 11 is 0. The predicted octanol–water partition coefficient (Wildman–Crippen LogP) is 1.26. The number of nitrogens with zero attached hydrogens (tertiary/aromatic N) is 1. The minimum absolute atomic E-state index is 0.0737. The molecule has 5 nitrogen and oxygen atoms in total. The zero-order chi connectivity index (χ0) is 14.8. The number of nitriles is 1. The Kier molecular flexibility index (Phi) is 6.69. The van der Waals surface area contributed by atoms with Crippen molar-refractivity contribution in [2.75, 3.05) is 13.1 Å². The van der Waals surface area contributed by atoms with E-state index in [1.807, 2.05) is 50.2 Å². The van der Waals surface area contributed by atoms with Crippen LogP contribution in [0.3, 0.4) is 0 Å². The van der Waals surface area contributed by atoms with Gasteiger partial charge in [0.15, 0.2) is 5.57 Å². The molecule has 0 unspecified atom stereocenters. The zero-order valence-corrected chi connectivity index (χ0v) is 11.9. The number of nitrogens with one attached hydrogen (secondary N) is 3. The second-order valence-corrected chi connectivity index (χ2v) is 4.09. The van der Waals surface area contributed by atoms with Gasteiger partial charge in [-0.2, -0.15) is 5.26 Å². The maximum Gasteiger partial charge on any atom is 0.265 e. The van der Waals surface area contributed by atoms with Crippen LogP contribution in [-0.4, -0.2) is 19.0 Å². The van der Waals surface area contributed by atoms with E-state index in [1.54, 1.807) is 0 Å². The van der Waals surface area contributed by atoms with Crippen molar-refractivity contribution in [3.05, 3.63) is 47.3 Å². The van der Waals surface area contributed by atoms with Crippen LogP contribution in [0, 0.1) is 11.3 Å². The molecule has 1 aromatic carbocycles. The van der Waals surface area contributed by atoms with Gasteiger partial charge in [0.05, 0.1) is 0 Å². The van der Waals surface area contributed by atoms with Crippen molar-refractivity contribution in [2.24, 2.45) is 0 Å². The van der Waals surface area contributed by atoms with Gasteiger partial charge in [0.2, 0.25) is 0 Å². The molecule has 0 fully saturated rings. The molecule has 0 aliphatic heterocycles. The van der Waals surface area contributed by atoms with Crippen LogP contribution in [0.5, 0.6) is 0 Å². The zero-order valence-electron chi connectivity index (χ0n) is 11.9. The molecule has 0 saturated carbocycles. The van der Waals surface area contributed by atoms with Gasteiger partial charge in [0, 0.05) is 19.6 Å². The summed E-state index contributed by atoms with van der Waals surface area (Å²) < 4.78 is 0. The van der Waals surface area contributed by atoms with Gasteiger partial charge in [-0.1, -0.05) is 30.3 Å². The van der Waals surface area contributed by atoms with Crippen molar-refractivity contribution in [3.63, 3.8) is 0 Å². The summed E-state index contributed by atoms with van der Waals surface area (Å²) in [5, 5.41) is 17.9. The van der Waals surface area contributed by atoms with E-state index in [9.17, 15) is 4.79 Å². The molecule has 0 bridgehead atoms. The Morgan fingerprint density at radius 2 is 1.70 bits per heavy atom. The smallest absolute Gasteiger partial charge is 0.265 e. The van der Waals surface area contributed by atoms with Crippen LogP contribution in [0.15, 0.2) is 41.7 Å². The van der Waals surface area contributed by atoms with Crippen LogP contribution in [0.4, 0.5) is 0 Å². The van der Waals surface area contributed by atoms with E-state index < -0.39 is 0 Å². The van der Waals surface area contributed by atoms with Crippen LogP contribution in [0.2, 0.25) is 0 Å². The van der Waals surface area contributed by atoms with Gasteiger partial charge in [0.1, 0.15) is 11.9 Å². The molecule has 0 spiro atoms. The molecule has 20 heavy (non-hydrogen) atoms. The fourth-order valence-corrected chi connectivity index (χ4v) is 1.68. The second kappa shape index (κ2) is 8.59. The molecule has 0 aliphatic rings. The number of rotatable bonds is 7. The first-order valence-corrected chi connectivity index (χ1v) is 6.67. The van der Waals surface area contributed by atoms with Crippen LogP contribution in [-0.2, 0) is 11.3 Å². The molecule has 3 N–H and O–H groups in total. The van der Waals surface area contributed by atoms with Crippen molar-refractivity contribution in [1.29, 1.82) is 5.26 Å². The quantitative estimate of drug-likeness (QED) is 0.516. The lowest BCUT2D eigenvalue weighted by Crippen LogP contribution is -2.33. The van der Waals surface area contributed by atoms with Crippen molar-refractivity contribution in [2.45, 2.75) is 20.4 Å². The molecule has 0 aromatic heterocycles. The number of hydrogen-bond acceptors (Lipinski definition) is 4. The summed E-state index contributed by atoms with van der Waals surface area (Å²) in [5.74, 6) is 0.0938. The Bertz CT molecular complexity index is 494. The Balaban J connectivity index is 2.76. The highest BCUT2D eigenvalue weighted by atomic mass is 16.1. The maximum absolute atomic E-state index is 12.1. The van der Waals surface area contributed by atoms with Crippen LogP contribution < -0.4 is 16.0 Å². The van der Waals surface area contributed by atoms with Crippen molar-refractivity contribution in [3.8, 4) is 6.07 Å². The molecule has 1 aromatic rings. The van der Waals surface area contributed by atoms with Crippen molar-refractivity contribution in [1.82, 2.24) is 16.0 Å². The number of hydrogen-bond donors (Lipinski definition) is 3. The average molecular weight is 272 g/mol. The molecule has 1 rings (SSSR count). The summed E-state index contributed by atoms with van der Waals surface area (Å²) in [6, 6.07) is 11.5. The fourth-order valence-electron chi connectivity index (χ4n) is 1.68. The standard InChI is InChI=1S/C15H20N4O/c1-3-17-14(18-4-2)13(10-16)15(20)19-11-12-8-6-5-7-9-12/h5-9,17-18H,3-4,11H2,1-2H3,(H,19,20). The van der Waals surface area contributed by atoms with E-state index in [4.69, 9.17) is 5.26 Å². The summed E-state index contributed by atoms with van der Waals surface area (Å²) in [6.45, 7) is 5.50. The molecule has 106 valence electrons. The van der Waals surface area contributed by atoms with E-state index >= 15 is 0 Å². The normalized spacial score (nSPS) is 9.25. The van der Waals surface area contributed by atoms with E-state index in [-0.39, 0.29) is 11.5 Å². The summed E-state index contributed by atoms with van der Waals surface area (Å²) in [4.78, 5) is 12.1. The van der Waals surface area contributed by atoms with E-state index in [0.29, 0.717) is 25.5 Å². The molecule has 0 saturated heterocycles. The number of amides is 1. The molecule has 0 radical (unpaired) electrons. The molecular weight excluding hydrogens is 252 g/mol. The molecular formula is C15H20N4O. The third-order valence-corrected chi connectivity index (χ3v) is 2.59. The fraction of sp³-hybridized carbons (Fsp3) is 0.333. The van der Waals surface area contributed by atoms with Gasteiger partial charge in [0.25, 0.3) is 5.91 Å². The lowest BCUT2D eigenvalue weighted by Gasteiger charge is -2.13. The average Bonchev–Trinajstić information content (AvgIpc) is 2.47. The maximum atomic E-state index is 12.1. The topological polar surface area (TPSA) is 76.9 Å². The first-order valence-electron chi connectivity index (χ1n) is 6.67. The minimum Gasteiger partial charge on any atom is -0.371 e. The highest BCUT2D eigenvalue weighted by Gasteiger charge is 2.14. The Morgan fingerprint density at radius 3 is 2.20 bits per heavy atom. The second-order valence-electron chi connectivity index (χ2n) is 4.09.